The van der Waals surface area contributed by atoms with Crippen LogP contribution in [0.1, 0.15) is 13.8 Å². The van der Waals surface area contributed by atoms with Gasteiger partial charge in [0, 0.05) is 0 Å². The summed E-state index contributed by atoms with van der Waals surface area (Å²) in [6.45, 7) is 3.27. The molecule has 0 aliphatic carbocycles. The monoisotopic (exact) mass is 145 g/mol. The molecule has 4 heteroatoms. The zero-order chi connectivity index (χ0) is 7.78. The van der Waals surface area contributed by atoms with Crippen LogP contribution in [0.5, 0.6) is 0 Å². The molecule has 1 aliphatic heterocycles. The number of cyclic esters (lactones) is 1. The molecule has 1 aliphatic rings. The van der Waals surface area contributed by atoms with Gasteiger partial charge in [0.05, 0.1) is 6.61 Å². The average Bonchev–Trinajstić information content (AvgIpc) is 2.05. The van der Waals surface area contributed by atoms with Gasteiger partial charge >= 0.3 is 5.97 Å². The fourth-order valence-corrected chi connectivity index (χ4v) is 0.951. The smallest absolute Gasteiger partial charge is 0.327 e. The molecule has 1 fully saturated rings. The van der Waals surface area contributed by atoms with Gasteiger partial charge < -0.3 is 9.84 Å². The first-order chi connectivity index (χ1) is 4.55. The molecule has 10 heavy (non-hydrogen) atoms. The molecule has 1 heterocycles. The maximum Gasteiger partial charge on any atom is 0.327 e. The third kappa shape index (κ3) is 1.27. The highest BCUT2D eigenvalue weighted by molar-refractivity contribution is 5.78. The Kier molecular flexibility index (Phi) is 1.66. The average molecular weight is 145 g/mol. The van der Waals surface area contributed by atoms with Crippen LogP contribution in [-0.2, 0) is 9.53 Å². The van der Waals surface area contributed by atoms with Crippen molar-refractivity contribution in [3.05, 3.63) is 0 Å². The molecule has 0 aromatic heterocycles. The van der Waals surface area contributed by atoms with Crippen molar-refractivity contribution in [2.45, 2.75) is 25.6 Å². The Morgan fingerprint density at radius 1 is 1.80 bits per heavy atom. The number of rotatable bonds is 1. The standard InChI is InChI=1S/C6H11NO3/c1-6(2)7-4(3-8)5(9)10-6/h4,7-8H,3H2,1-2H3/t4-/m1/s1. The molecule has 0 aromatic carbocycles. The molecule has 0 aromatic rings. The Hall–Kier alpha value is -0.610. The van der Waals surface area contributed by atoms with E-state index in [0.29, 0.717) is 0 Å². The van der Waals surface area contributed by atoms with Crippen LogP contribution < -0.4 is 5.32 Å². The molecular weight excluding hydrogens is 134 g/mol. The van der Waals surface area contributed by atoms with Gasteiger partial charge in [-0.1, -0.05) is 0 Å². The minimum absolute atomic E-state index is 0.206. The van der Waals surface area contributed by atoms with Crippen molar-refractivity contribution in [1.29, 1.82) is 0 Å². The summed E-state index contributed by atoms with van der Waals surface area (Å²) < 4.78 is 4.84. The molecule has 0 amide bonds. The first-order valence-corrected chi connectivity index (χ1v) is 3.16. The van der Waals surface area contributed by atoms with Crippen molar-refractivity contribution in [2.24, 2.45) is 0 Å². The molecule has 1 atom stereocenters. The van der Waals surface area contributed by atoms with Crippen molar-refractivity contribution >= 4 is 5.97 Å². The summed E-state index contributed by atoms with van der Waals surface area (Å²) in [5.74, 6) is -0.382. The van der Waals surface area contributed by atoms with Gasteiger partial charge in [0.2, 0.25) is 0 Å². The number of esters is 1. The molecule has 1 saturated heterocycles. The number of aliphatic hydroxyl groups is 1. The van der Waals surface area contributed by atoms with E-state index in [4.69, 9.17) is 9.84 Å². The highest BCUT2D eigenvalue weighted by Gasteiger charge is 2.38. The third-order valence-corrected chi connectivity index (χ3v) is 1.34. The zero-order valence-electron chi connectivity index (χ0n) is 6.05. The predicted octanol–water partition coefficient (Wildman–Crippen LogP) is -0.770. The van der Waals surface area contributed by atoms with Gasteiger partial charge in [-0.25, -0.2) is 0 Å². The van der Waals surface area contributed by atoms with Gasteiger partial charge in [0.15, 0.2) is 5.72 Å². The largest absolute Gasteiger partial charge is 0.443 e. The van der Waals surface area contributed by atoms with Crippen molar-refractivity contribution in [1.82, 2.24) is 5.32 Å². The van der Waals surface area contributed by atoms with Gasteiger partial charge in [-0.3, -0.25) is 10.1 Å². The van der Waals surface area contributed by atoms with Crippen LogP contribution in [0.25, 0.3) is 0 Å². The van der Waals surface area contributed by atoms with E-state index in [1.807, 2.05) is 0 Å². The second kappa shape index (κ2) is 2.21. The van der Waals surface area contributed by atoms with E-state index in [0.717, 1.165) is 0 Å². The highest BCUT2D eigenvalue weighted by Crippen LogP contribution is 2.14. The number of aliphatic hydroxyl groups excluding tert-OH is 1. The number of nitrogens with one attached hydrogen (secondary N) is 1. The lowest BCUT2D eigenvalue weighted by Crippen LogP contribution is -2.40. The fourth-order valence-electron chi connectivity index (χ4n) is 0.951. The van der Waals surface area contributed by atoms with Crippen molar-refractivity contribution in [3.63, 3.8) is 0 Å². The Morgan fingerprint density at radius 3 is 2.60 bits per heavy atom. The third-order valence-electron chi connectivity index (χ3n) is 1.34. The molecule has 4 nitrogen and oxygen atoms in total. The summed E-state index contributed by atoms with van der Waals surface area (Å²) in [5.41, 5.74) is -0.621. The van der Waals surface area contributed by atoms with Crippen LogP contribution in [0.2, 0.25) is 0 Å². The summed E-state index contributed by atoms with van der Waals surface area (Å²) in [6, 6.07) is -0.546. The summed E-state index contributed by atoms with van der Waals surface area (Å²) >= 11 is 0. The first-order valence-electron chi connectivity index (χ1n) is 3.16. The van der Waals surface area contributed by atoms with Crippen LogP contribution in [0.3, 0.4) is 0 Å². The van der Waals surface area contributed by atoms with E-state index in [1.54, 1.807) is 13.8 Å². The molecule has 0 radical (unpaired) electrons. The van der Waals surface area contributed by atoms with E-state index in [-0.39, 0.29) is 12.6 Å². The maximum absolute atomic E-state index is 10.8. The lowest BCUT2D eigenvalue weighted by Gasteiger charge is -2.15. The number of ether oxygens (including phenoxy) is 1. The van der Waals surface area contributed by atoms with E-state index < -0.39 is 11.8 Å². The maximum atomic E-state index is 10.8. The molecule has 0 bridgehead atoms. The van der Waals surface area contributed by atoms with Gasteiger partial charge in [-0.15, -0.1) is 0 Å². The Balaban J connectivity index is 2.61. The van der Waals surface area contributed by atoms with Crippen LogP contribution >= 0.6 is 0 Å². The summed E-state index contributed by atoms with van der Waals surface area (Å²) in [7, 11) is 0. The first kappa shape index (κ1) is 7.50. The zero-order valence-corrected chi connectivity index (χ0v) is 6.05. The van der Waals surface area contributed by atoms with Crippen molar-refractivity contribution < 1.29 is 14.6 Å². The van der Waals surface area contributed by atoms with Gasteiger partial charge in [-0.05, 0) is 13.8 Å². The fraction of sp³-hybridized carbons (Fsp3) is 0.833. The van der Waals surface area contributed by atoms with Gasteiger partial charge in [0.1, 0.15) is 6.04 Å². The Labute approximate surface area is 59.2 Å². The van der Waals surface area contributed by atoms with E-state index in [2.05, 4.69) is 5.32 Å². The molecule has 0 spiro atoms. The van der Waals surface area contributed by atoms with Crippen molar-refractivity contribution in [2.75, 3.05) is 6.61 Å². The van der Waals surface area contributed by atoms with Crippen LogP contribution in [0.4, 0.5) is 0 Å². The summed E-state index contributed by atoms with van der Waals surface area (Å²) in [6.07, 6.45) is 0. The molecule has 0 saturated carbocycles. The molecule has 2 N–H and O–H groups in total. The number of hydrogen-bond acceptors (Lipinski definition) is 4. The number of carbonyl (C=O) groups is 1. The van der Waals surface area contributed by atoms with Crippen molar-refractivity contribution in [3.8, 4) is 0 Å². The second-order valence-corrected chi connectivity index (χ2v) is 2.81. The molecule has 1 rings (SSSR count). The lowest BCUT2D eigenvalue weighted by atomic mass is 10.3. The number of carbonyl (C=O) groups excluding carboxylic acids is 1. The van der Waals surface area contributed by atoms with Crippen LogP contribution in [-0.4, -0.2) is 29.4 Å². The van der Waals surface area contributed by atoms with Gasteiger partial charge in [-0.2, -0.15) is 0 Å². The number of hydrogen-bond donors (Lipinski definition) is 2. The molecular formula is C6H11NO3. The molecule has 0 unspecified atom stereocenters. The SMILES string of the molecule is CC1(C)N[C@H](CO)C(=O)O1. The normalized spacial score (nSPS) is 30.3. The van der Waals surface area contributed by atoms with E-state index in [9.17, 15) is 4.79 Å². The minimum Gasteiger partial charge on any atom is -0.443 e. The topological polar surface area (TPSA) is 58.6 Å². The van der Waals surface area contributed by atoms with Crippen LogP contribution in [0, 0.1) is 0 Å². The minimum atomic E-state index is -0.621. The quantitative estimate of drug-likeness (QED) is 0.476. The Bertz CT molecular complexity index is 155. The second-order valence-electron chi connectivity index (χ2n) is 2.81. The van der Waals surface area contributed by atoms with E-state index >= 15 is 0 Å². The van der Waals surface area contributed by atoms with E-state index in [1.165, 1.54) is 0 Å². The van der Waals surface area contributed by atoms with Gasteiger partial charge in [0.25, 0.3) is 0 Å². The predicted molar refractivity (Wildman–Crippen MR) is 34.2 cm³/mol. The molecule has 58 valence electrons. The summed E-state index contributed by atoms with van der Waals surface area (Å²) in [4.78, 5) is 10.8. The summed E-state index contributed by atoms with van der Waals surface area (Å²) in [5, 5.41) is 11.4. The Morgan fingerprint density at radius 2 is 2.40 bits per heavy atom. The highest BCUT2D eigenvalue weighted by atomic mass is 16.6. The lowest BCUT2D eigenvalue weighted by molar-refractivity contribution is -0.147. The van der Waals surface area contributed by atoms with Crippen LogP contribution in [0.15, 0.2) is 0 Å².